The third-order valence-electron chi connectivity index (χ3n) is 4.60. The van der Waals surface area contributed by atoms with Crippen molar-refractivity contribution in [3.63, 3.8) is 0 Å². The number of allylic oxidation sites excluding steroid dienone is 2. The summed E-state index contributed by atoms with van der Waals surface area (Å²) >= 11 is 0. The summed E-state index contributed by atoms with van der Waals surface area (Å²) in [4.78, 5) is 23.9. The lowest BCUT2D eigenvalue weighted by atomic mass is 10.0. The molecule has 31 heavy (non-hydrogen) atoms. The van der Waals surface area contributed by atoms with Gasteiger partial charge < -0.3 is 29.2 Å². The molecule has 0 aliphatic heterocycles. The van der Waals surface area contributed by atoms with Crippen molar-refractivity contribution in [1.29, 1.82) is 0 Å². The maximum atomic E-state index is 12.9. The van der Waals surface area contributed by atoms with Crippen molar-refractivity contribution in [2.24, 2.45) is 0 Å². The number of carboxylic acid groups (broad SMARTS) is 1. The van der Waals surface area contributed by atoms with Crippen molar-refractivity contribution in [2.75, 3.05) is 13.7 Å². The van der Waals surface area contributed by atoms with E-state index in [-0.39, 0.29) is 28.9 Å². The molecule has 0 saturated carbocycles. The zero-order valence-corrected chi connectivity index (χ0v) is 17.3. The van der Waals surface area contributed by atoms with Crippen LogP contribution in [0.4, 0.5) is 0 Å². The number of fused-ring (bicyclic) bond motifs is 1. The average molecular weight is 426 g/mol. The Hall–Kier alpha value is -3.94. The first-order valence-electron chi connectivity index (χ1n) is 9.40. The monoisotopic (exact) mass is 426 g/mol. The zero-order valence-electron chi connectivity index (χ0n) is 17.3. The largest absolute Gasteiger partial charge is 0.507 e. The molecule has 0 spiro atoms. The lowest BCUT2D eigenvalue weighted by molar-refractivity contribution is -0.139. The summed E-state index contributed by atoms with van der Waals surface area (Å²) in [6.45, 7) is 3.12. The molecule has 3 rings (SSSR count). The number of methoxy groups -OCH3 is 1. The van der Waals surface area contributed by atoms with Crippen LogP contribution in [-0.2, 0) is 11.2 Å². The second-order valence-electron chi connectivity index (χ2n) is 7.08. The van der Waals surface area contributed by atoms with Gasteiger partial charge in [-0.3, -0.25) is 4.79 Å². The predicted molar refractivity (Wildman–Crippen MR) is 114 cm³/mol. The highest BCUT2D eigenvalue weighted by Gasteiger charge is 2.23. The van der Waals surface area contributed by atoms with Crippen LogP contribution in [0.25, 0.3) is 22.3 Å². The first-order chi connectivity index (χ1) is 14.7. The molecule has 0 amide bonds. The molecule has 0 aliphatic rings. The minimum absolute atomic E-state index is 0.00602. The molecule has 8 heteroatoms. The molecular weight excluding hydrogens is 404 g/mol. The number of rotatable bonds is 7. The highest BCUT2D eigenvalue weighted by Crippen LogP contribution is 2.39. The number of aliphatic carboxylic acids is 1. The van der Waals surface area contributed by atoms with E-state index in [1.807, 2.05) is 19.9 Å². The molecule has 3 aromatic rings. The summed E-state index contributed by atoms with van der Waals surface area (Å²) in [5.74, 6) is -1.77. The molecule has 1 aromatic heterocycles. The van der Waals surface area contributed by atoms with Gasteiger partial charge in [-0.1, -0.05) is 11.6 Å². The van der Waals surface area contributed by atoms with Gasteiger partial charge in [-0.05, 0) is 44.5 Å². The SMILES string of the molecule is COc1ccc(-c2oc3c(CC=C(C)C)c(OCC(=O)O)cc(O)c3c(=O)c2O)cc1. The van der Waals surface area contributed by atoms with Gasteiger partial charge in [-0.2, -0.15) is 0 Å². The fourth-order valence-corrected chi connectivity index (χ4v) is 3.07. The molecule has 0 saturated heterocycles. The minimum atomic E-state index is -1.20. The minimum Gasteiger partial charge on any atom is -0.507 e. The molecule has 0 fully saturated rings. The van der Waals surface area contributed by atoms with Gasteiger partial charge in [-0.15, -0.1) is 0 Å². The van der Waals surface area contributed by atoms with Crippen molar-refractivity contribution >= 4 is 16.9 Å². The average Bonchev–Trinajstić information content (AvgIpc) is 2.73. The van der Waals surface area contributed by atoms with Crippen LogP contribution in [0.3, 0.4) is 0 Å². The molecule has 162 valence electrons. The lowest BCUT2D eigenvalue weighted by Gasteiger charge is -2.14. The first-order valence-corrected chi connectivity index (χ1v) is 9.40. The molecule has 0 aliphatic carbocycles. The van der Waals surface area contributed by atoms with Gasteiger partial charge in [0.15, 0.2) is 12.4 Å². The first kappa shape index (κ1) is 21.8. The van der Waals surface area contributed by atoms with Crippen molar-refractivity contribution in [3.8, 4) is 34.3 Å². The van der Waals surface area contributed by atoms with E-state index in [4.69, 9.17) is 19.0 Å². The van der Waals surface area contributed by atoms with Crippen LogP contribution in [0.15, 0.2) is 51.2 Å². The number of ether oxygens (including phenoxy) is 2. The van der Waals surface area contributed by atoms with Crippen LogP contribution < -0.4 is 14.9 Å². The summed E-state index contributed by atoms with van der Waals surface area (Å²) in [7, 11) is 1.51. The number of hydrogen-bond donors (Lipinski definition) is 3. The summed E-state index contributed by atoms with van der Waals surface area (Å²) < 4.78 is 16.4. The van der Waals surface area contributed by atoms with Gasteiger partial charge in [0.2, 0.25) is 11.2 Å². The predicted octanol–water partition coefficient (Wildman–Crippen LogP) is 3.85. The van der Waals surface area contributed by atoms with Crippen LogP contribution in [0.2, 0.25) is 0 Å². The number of phenols is 1. The van der Waals surface area contributed by atoms with E-state index in [9.17, 15) is 19.8 Å². The van der Waals surface area contributed by atoms with E-state index >= 15 is 0 Å². The molecule has 0 bridgehead atoms. The topological polar surface area (TPSA) is 126 Å². The Bertz CT molecular complexity index is 1220. The van der Waals surface area contributed by atoms with Crippen molar-refractivity contribution in [3.05, 3.63) is 57.8 Å². The van der Waals surface area contributed by atoms with Crippen molar-refractivity contribution in [1.82, 2.24) is 0 Å². The number of aromatic hydroxyl groups is 2. The maximum Gasteiger partial charge on any atom is 0.341 e. The second kappa shape index (κ2) is 8.83. The third kappa shape index (κ3) is 4.48. The Labute approximate surface area is 177 Å². The molecule has 2 aromatic carbocycles. The third-order valence-corrected chi connectivity index (χ3v) is 4.60. The lowest BCUT2D eigenvalue weighted by Crippen LogP contribution is -2.12. The quantitative estimate of drug-likeness (QED) is 0.486. The van der Waals surface area contributed by atoms with Gasteiger partial charge in [0.25, 0.3) is 0 Å². The van der Waals surface area contributed by atoms with E-state index in [0.717, 1.165) is 11.6 Å². The molecule has 0 unspecified atom stereocenters. The Kier molecular flexibility index (Phi) is 6.20. The van der Waals surface area contributed by atoms with Crippen LogP contribution in [-0.4, -0.2) is 35.0 Å². The fraction of sp³-hybridized carbons (Fsp3) is 0.217. The van der Waals surface area contributed by atoms with Gasteiger partial charge in [-0.25, -0.2) is 4.79 Å². The summed E-state index contributed by atoms with van der Waals surface area (Å²) in [6, 6.07) is 7.68. The van der Waals surface area contributed by atoms with Gasteiger partial charge in [0, 0.05) is 17.2 Å². The second-order valence-corrected chi connectivity index (χ2v) is 7.08. The Morgan fingerprint density at radius 3 is 2.42 bits per heavy atom. The molecule has 1 heterocycles. The number of hydrogen-bond acceptors (Lipinski definition) is 7. The van der Waals surface area contributed by atoms with E-state index in [0.29, 0.717) is 16.9 Å². The van der Waals surface area contributed by atoms with Crippen molar-refractivity contribution < 1.29 is 34.0 Å². The van der Waals surface area contributed by atoms with Crippen LogP contribution in [0.1, 0.15) is 19.4 Å². The number of benzene rings is 2. The smallest absolute Gasteiger partial charge is 0.341 e. The molecular formula is C23H22O8. The maximum absolute atomic E-state index is 12.9. The van der Waals surface area contributed by atoms with Crippen molar-refractivity contribution in [2.45, 2.75) is 20.3 Å². The number of phenolic OH excluding ortho intramolecular Hbond substituents is 1. The highest BCUT2D eigenvalue weighted by atomic mass is 16.5. The van der Waals surface area contributed by atoms with Gasteiger partial charge >= 0.3 is 5.97 Å². The Morgan fingerprint density at radius 1 is 1.16 bits per heavy atom. The van der Waals surface area contributed by atoms with E-state index < -0.39 is 29.5 Å². The molecule has 3 N–H and O–H groups in total. The van der Waals surface area contributed by atoms with Crippen LogP contribution in [0.5, 0.6) is 23.0 Å². The normalized spacial score (nSPS) is 10.7. The van der Waals surface area contributed by atoms with E-state index in [2.05, 4.69) is 0 Å². The molecule has 8 nitrogen and oxygen atoms in total. The van der Waals surface area contributed by atoms with E-state index in [1.54, 1.807) is 24.3 Å². The molecule has 0 atom stereocenters. The number of carbonyl (C=O) groups is 1. The Balaban J connectivity index is 2.32. The fourth-order valence-electron chi connectivity index (χ4n) is 3.07. The summed E-state index contributed by atoms with van der Waals surface area (Å²) in [6.07, 6.45) is 2.10. The standard InChI is InChI=1S/C23H22O8/c1-12(2)4-9-15-17(30-11-18(25)26)10-16(24)19-20(27)21(28)22(31-23(15)19)13-5-7-14(29-3)8-6-13/h4-8,10,24,28H,9,11H2,1-3H3,(H,25,26). The highest BCUT2D eigenvalue weighted by molar-refractivity contribution is 5.91. The summed E-state index contributed by atoms with van der Waals surface area (Å²) in [5, 5.41) is 29.7. The number of carboxylic acids is 1. The summed E-state index contributed by atoms with van der Waals surface area (Å²) in [5.41, 5.74) is 0.963. The zero-order chi connectivity index (χ0) is 22.7. The van der Waals surface area contributed by atoms with E-state index in [1.165, 1.54) is 7.11 Å². The van der Waals surface area contributed by atoms with Gasteiger partial charge in [0.1, 0.15) is 28.2 Å². The van der Waals surface area contributed by atoms with Crippen LogP contribution >= 0.6 is 0 Å². The van der Waals surface area contributed by atoms with Gasteiger partial charge in [0.05, 0.1) is 7.11 Å². The van der Waals surface area contributed by atoms with Crippen LogP contribution in [0, 0.1) is 0 Å². The molecule has 0 radical (unpaired) electrons. The Morgan fingerprint density at radius 2 is 1.84 bits per heavy atom.